The number of carboxylic acid groups (broad SMARTS) is 1. The number of benzene rings is 2. The van der Waals surface area contributed by atoms with E-state index in [2.05, 4.69) is 15.9 Å². The maximum Gasteiger partial charge on any atom is 0.328 e. The average molecular weight is 502 g/mol. The Balaban J connectivity index is 1.65. The summed E-state index contributed by atoms with van der Waals surface area (Å²) in [5.41, 5.74) is 2.37. The monoisotopic (exact) mass is 500 g/mol. The molecule has 1 N–H and O–H groups in total. The van der Waals surface area contributed by atoms with Gasteiger partial charge in [-0.15, -0.1) is 0 Å². The molecule has 1 aromatic heterocycles. The standard InChI is InChI=1S/C22H18BrClN4O3/c23-14-5-6-18-16(13-14)21(15-3-1-2-4-17(15)24)26-22(25-18)28-11-9-27(10-12-28)19(29)7-8-20(30)31/h1-8,13H,9-12H2,(H,30,31). The molecule has 4 rings (SSSR count). The van der Waals surface area contributed by atoms with Gasteiger partial charge in [0, 0.05) is 58.8 Å². The highest BCUT2D eigenvalue weighted by Crippen LogP contribution is 2.34. The van der Waals surface area contributed by atoms with Gasteiger partial charge in [-0.3, -0.25) is 4.79 Å². The van der Waals surface area contributed by atoms with Crippen LogP contribution in [0.2, 0.25) is 5.02 Å². The van der Waals surface area contributed by atoms with E-state index >= 15 is 0 Å². The van der Waals surface area contributed by atoms with Crippen molar-refractivity contribution in [3.8, 4) is 11.3 Å². The normalized spacial score (nSPS) is 14.4. The van der Waals surface area contributed by atoms with Crippen molar-refractivity contribution in [2.45, 2.75) is 0 Å². The first-order chi connectivity index (χ1) is 14.9. The molecule has 3 aromatic rings. The van der Waals surface area contributed by atoms with Gasteiger partial charge in [-0.05, 0) is 24.3 Å². The van der Waals surface area contributed by atoms with Gasteiger partial charge in [0.05, 0.1) is 11.2 Å². The molecule has 0 aliphatic carbocycles. The molecule has 0 radical (unpaired) electrons. The molecule has 1 saturated heterocycles. The maximum absolute atomic E-state index is 12.1. The lowest BCUT2D eigenvalue weighted by molar-refractivity contribution is -0.132. The van der Waals surface area contributed by atoms with Crippen LogP contribution in [-0.2, 0) is 9.59 Å². The van der Waals surface area contributed by atoms with Gasteiger partial charge in [0.1, 0.15) is 0 Å². The van der Waals surface area contributed by atoms with Crippen LogP contribution in [-0.4, -0.2) is 58.0 Å². The fourth-order valence-electron chi connectivity index (χ4n) is 3.46. The lowest BCUT2D eigenvalue weighted by atomic mass is 10.1. The molecule has 2 heterocycles. The first kappa shape index (κ1) is 21.3. The van der Waals surface area contributed by atoms with Crippen LogP contribution in [0.5, 0.6) is 0 Å². The van der Waals surface area contributed by atoms with Gasteiger partial charge in [0.15, 0.2) is 0 Å². The van der Waals surface area contributed by atoms with Gasteiger partial charge in [-0.1, -0.05) is 45.7 Å². The molecule has 0 saturated carbocycles. The summed E-state index contributed by atoms with van der Waals surface area (Å²) in [6.07, 6.45) is 1.94. The van der Waals surface area contributed by atoms with E-state index in [1.807, 2.05) is 47.4 Å². The number of carbonyl (C=O) groups excluding carboxylic acids is 1. The summed E-state index contributed by atoms with van der Waals surface area (Å²) in [6, 6.07) is 13.4. The first-order valence-electron chi connectivity index (χ1n) is 9.59. The molecule has 1 aliphatic heterocycles. The molecule has 0 bridgehead atoms. The van der Waals surface area contributed by atoms with Crippen molar-refractivity contribution in [3.05, 3.63) is 64.1 Å². The van der Waals surface area contributed by atoms with Gasteiger partial charge in [-0.2, -0.15) is 0 Å². The van der Waals surface area contributed by atoms with Crippen molar-refractivity contribution in [3.63, 3.8) is 0 Å². The zero-order chi connectivity index (χ0) is 22.0. The van der Waals surface area contributed by atoms with Gasteiger partial charge in [-0.25, -0.2) is 14.8 Å². The van der Waals surface area contributed by atoms with E-state index in [1.54, 1.807) is 4.90 Å². The summed E-state index contributed by atoms with van der Waals surface area (Å²) in [5.74, 6) is -0.892. The fraction of sp³-hybridized carbons (Fsp3) is 0.182. The summed E-state index contributed by atoms with van der Waals surface area (Å²) in [7, 11) is 0. The molecular weight excluding hydrogens is 484 g/mol. The number of halogens is 2. The lowest BCUT2D eigenvalue weighted by Crippen LogP contribution is -2.48. The van der Waals surface area contributed by atoms with E-state index in [4.69, 9.17) is 26.7 Å². The van der Waals surface area contributed by atoms with Crippen LogP contribution in [0.25, 0.3) is 22.2 Å². The molecule has 31 heavy (non-hydrogen) atoms. The quantitative estimate of drug-likeness (QED) is 0.544. The van der Waals surface area contributed by atoms with Crippen LogP contribution >= 0.6 is 27.5 Å². The molecule has 158 valence electrons. The third-order valence-corrected chi connectivity index (χ3v) is 5.84. The Morgan fingerprint density at radius 2 is 1.77 bits per heavy atom. The minimum atomic E-state index is -1.14. The molecule has 1 aliphatic rings. The Hall–Kier alpha value is -2.97. The Morgan fingerprint density at radius 3 is 2.48 bits per heavy atom. The molecule has 0 atom stereocenters. The number of anilines is 1. The van der Waals surface area contributed by atoms with Gasteiger partial charge in [0.2, 0.25) is 11.9 Å². The Kier molecular flexibility index (Phi) is 6.20. The number of aliphatic carboxylic acids is 1. The number of aromatic nitrogens is 2. The Morgan fingerprint density at radius 1 is 1.03 bits per heavy atom. The van der Waals surface area contributed by atoms with E-state index in [0.717, 1.165) is 38.8 Å². The van der Waals surface area contributed by atoms with Crippen molar-refractivity contribution in [2.75, 3.05) is 31.1 Å². The number of carboxylic acids is 1. The molecule has 7 nitrogen and oxygen atoms in total. The Bertz CT molecular complexity index is 1190. The van der Waals surface area contributed by atoms with Crippen molar-refractivity contribution in [1.29, 1.82) is 0 Å². The second-order valence-electron chi connectivity index (χ2n) is 7.00. The van der Waals surface area contributed by atoms with Crippen molar-refractivity contribution in [2.24, 2.45) is 0 Å². The van der Waals surface area contributed by atoms with Gasteiger partial charge >= 0.3 is 5.97 Å². The number of amides is 1. The van der Waals surface area contributed by atoms with Crippen LogP contribution < -0.4 is 4.90 Å². The van der Waals surface area contributed by atoms with Crippen molar-refractivity contribution >= 4 is 56.3 Å². The molecular formula is C22H18BrClN4O3. The number of rotatable bonds is 4. The lowest BCUT2D eigenvalue weighted by Gasteiger charge is -2.34. The summed E-state index contributed by atoms with van der Waals surface area (Å²) in [5, 5.41) is 10.2. The smallest absolute Gasteiger partial charge is 0.328 e. The van der Waals surface area contributed by atoms with Crippen LogP contribution in [0, 0.1) is 0 Å². The van der Waals surface area contributed by atoms with E-state index in [1.165, 1.54) is 0 Å². The second kappa shape index (κ2) is 9.03. The number of carbonyl (C=O) groups is 2. The predicted octanol–water partition coefficient (Wildman–Crippen LogP) is 4.00. The molecule has 1 fully saturated rings. The van der Waals surface area contributed by atoms with Crippen molar-refractivity contribution in [1.82, 2.24) is 14.9 Å². The van der Waals surface area contributed by atoms with Crippen LogP contribution in [0.15, 0.2) is 59.1 Å². The number of hydrogen-bond acceptors (Lipinski definition) is 5. The van der Waals surface area contributed by atoms with E-state index in [-0.39, 0.29) is 5.91 Å². The SMILES string of the molecule is O=C(O)C=CC(=O)N1CCN(c2nc(-c3ccccc3Cl)c3cc(Br)ccc3n2)CC1. The largest absolute Gasteiger partial charge is 0.478 e. The number of hydrogen-bond donors (Lipinski definition) is 1. The summed E-state index contributed by atoms with van der Waals surface area (Å²) >= 11 is 9.98. The Labute approximate surface area is 192 Å². The van der Waals surface area contributed by atoms with Crippen LogP contribution in [0.1, 0.15) is 0 Å². The minimum Gasteiger partial charge on any atom is -0.478 e. The molecule has 9 heteroatoms. The highest BCUT2D eigenvalue weighted by molar-refractivity contribution is 9.10. The molecule has 0 spiro atoms. The van der Waals surface area contributed by atoms with Gasteiger partial charge < -0.3 is 14.9 Å². The van der Waals surface area contributed by atoms with E-state index in [0.29, 0.717) is 37.1 Å². The van der Waals surface area contributed by atoms with E-state index < -0.39 is 5.97 Å². The number of piperazine rings is 1. The third-order valence-electron chi connectivity index (χ3n) is 5.02. The number of nitrogens with zero attached hydrogens (tertiary/aromatic N) is 4. The van der Waals surface area contributed by atoms with E-state index in [9.17, 15) is 9.59 Å². The topological polar surface area (TPSA) is 86.6 Å². The third kappa shape index (κ3) is 4.70. The zero-order valence-corrected chi connectivity index (χ0v) is 18.7. The number of fused-ring (bicyclic) bond motifs is 1. The average Bonchev–Trinajstić information content (AvgIpc) is 2.77. The summed E-state index contributed by atoms with van der Waals surface area (Å²) in [4.78, 5) is 36.0. The molecule has 2 aromatic carbocycles. The first-order valence-corrected chi connectivity index (χ1v) is 10.8. The van der Waals surface area contributed by atoms with Crippen molar-refractivity contribution < 1.29 is 14.7 Å². The van der Waals surface area contributed by atoms with Crippen LogP contribution in [0.4, 0.5) is 5.95 Å². The zero-order valence-electron chi connectivity index (χ0n) is 16.3. The van der Waals surface area contributed by atoms with Gasteiger partial charge in [0.25, 0.3) is 0 Å². The second-order valence-corrected chi connectivity index (χ2v) is 8.32. The molecule has 1 amide bonds. The van der Waals surface area contributed by atoms with Crippen LogP contribution in [0.3, 0.4) is 0 Å². The highest BCUT2D eigenvalue weighted by atomic mass is 79.9. The minimum absolute atomic E-state index is 0.317. The molecule has 0 unspecified atom stereocenters. The summed E-state index contributed by atoms with van der Waals surface area (Å²) in [6.45, 7) is 1.98. The fourth-order valence-corrected chi connectivity index (χ4v) is 4.05. The summed E-state index contributed by atoms with van der Waals surface area (Å²) < 4.78 is 0.922. The predicted molar refractivity (Wildman–Crippen MR) is 123 cm³/mol. The highest BCUT2D eigenvalue weighted by Gasteiger charge is 2.23. The maximum atomic E-state index is 12.1.